The van der Waals surface area contributed by atoms with Gasteiger partial charge in [0.25, 0.3) is 0 Å². The molecule has 0 radical (unpaired) electrons. The summed E-state index contributed by atoms with van der Waals surface area (Å²) in [6, 6.07) is 3.51. The number of piperidine rings is 1. The van der Waals surface area contributed by atoms with Gasteiger partial charge in [-0.2, -0.15) is 0 Å². The van der Waals surface area contributed by atoms with E-state index in [4.69, 9.17) is 9.15 Å². The van der Waals surface area contributed by atoms with Crippen LogP contribution in [-0.4, -0.2) is 47.9 Å². The molecule has 1 aromatic heterocycles. The Morgan fingerprint density at radius 3 is 2.70 bits per heavy atom. The van der Waals surface area contributed by atoms with Crippen molar-refractivity contribution in [3.63, 3.8) is 0 Å². The number of aliphatic hydroxyl groups excluding tert-OH is 1. The van der Waals surface area contributed by atoms with E-state index in [2.05, 4.69) is 5.32 Å². The van der Waals surface area contributed by atoms with Gasteiger partial charge in [0.2, 0.25) is 0 Å². The largest absolute Gasteiger partial charge is 0.468 e. The lowest BCUT2D eigenvalue weighted by atomic mass is 9.96. The number of rotatable bonds is 5. The first-order chi connectivity index (χ1) is 10.9. The predicted molar refractivity (Wildman–Crippen MR) is 87.1 cm³/mol. The first-order valence-corrected chi connectivity index (χ1v) is 8.24. The molecule has 0 saturated carbocycles. The molecule has 6 heteroatoms. The maximum Gasteiger partial charge on any atom is 0.410 e. The van der Waals surface area contributed by atoms with E-state index in [1.54, 1.807) is 11.2 Å². The Balaban J connectivity index is 1.73. The lowest BCUT2D eigenvalue weighted by Gasteiger charge is -2.34. The Morgan fingerprint density at radius 2 is 2.17 bits per heavy atom. The van der Waals surface area contributed by atoms with Crippen LogP contribution >= 0.6 is 0 Å². The van der Waals surface area contributed by atoms with Crippen LogP contribution in [0, 0.1) is 5.92 Å². The molecule has 1 saturated heterocycles. The molecule has 0 bridgehead atoms. The molecule has 2 heterocycles. The summed E-state index contributed by atoms with van der Waals surface area (Å²) in [5.74, 6) is 1.23. The normalized spacial score (nSPS) is 18.0. The first-order valence-electron chi connectivity index (χ1n) is 8.24. The summed E-state index contributed by atoms with van der Waals surface area (Å²) in [6.07, 6.45) is 3.25. The molecule has 130 valence electrons. The Labute approximate surface area is 137 Å². The zero-order chi connectivity index (χ0) is 16.9. The summed E-state index contributed by atoms with van der Waals surface area (Å²) in [6.45, 7) is 7.87. The van der Waals surface area contributed by atoms with Gasteiger partial charge in [0.1, 0.15) is 11.4 Å². The summed E-state index contributed by atoms with van der Waals surface area (Å²) in [5.41, 5.74) is -0.452. The third kappa shape index (κ3) is 5.55. The van der Waals surface area contributed by atoms with Crippen molar-refractivity contribution in [3.8, 4) is 0 Å². The van der Waals surface area contributed by atoms with E-state index in [-0.39, 0.29) is 18.7 Å². The van der Waals surface area contributed by atoms with Gasteiger partial charge in [0.15, 0.2) is 0 Å². The summed E-state index contributed by atoms with van der Waals surface area (Å²) in [7, 11) is 0. The van der Waals surface area contributed by atoms with Gasteiger partial charge in [-0.1, -0.05) is 0 Å². The Hall–Kier alpha value is -1.53. The summed E-state index contributed by atoms with van der Waals surface area (Å²) >= 11 is 0. The highest BCUT2D eigenvalue weighted by molar-refractivity contribution is 5.68. The summed E-state index contributed by atoms with van der Waals surface area (Å²) in [4.78, 5) is 13.8. The van der Waals surface area contributed by atoms with Crippen molar-refractivity contribution >= 4 is 6.09 Å². The third-order valence-corrected chi connectivity index (χ3v) is 3.99. The molecule has 1 aromatic rings. The molecule has 1 amide bonds. The van der Waals surface area contributed by atoms with E-state index in [9.17, 15) is 9.90 Å². The molecule has 0 aliphatic carbocycles. The van der Waals surface area contributed by atoms with Crippen LogP contribution < -0.4 is 5.32 Å². The first kappa shape index (κ1) is 17.8. The van der Waals surface area contributed by atoms with Gasteiger partial charge in [-0.05, 0) is 58.2 Å². The third-order valence-electron chi connectivity index (χ3n) is 3.99. The lowest BCUT2D eigenvalue weighted by molar-refractivity contribution is 0.0182. The fraction of sp³-hybridized carbons (Fsp3) is 0.706. The average molecular weight is 324 g/mol. The predicted octanol–water partition coefficient (Wildman–Crippen LogP) is 2.55. The topological polar surface area (TPSA) is 74.9 Å². The van der Waals surface area contributed by atoms with Gasteiger partial charge >= 0.3 is 6.09 Å². The van der Waals surface area contributed by atoms with Crippen LogP contribution in [0.25, 0.3) is 0 Å². The standard InChI is InChI=1S/C17H28N2O4/c1-17(2,3)23-16(21)19-8-6-13(7-9-19)11-18-14(12-20)15-5-4-10-22-15/h4-5,10,13-14,18,20H,6-9,11-12H2,1-3H3. The molecule has 0 aromatic carbocycles. The molecule has 23 heavy (non-hydrogen) atoms. The Bertz CT molecular complexity index is 473. The van der Waals surface area contributed by atoms with Gasteiger partial charge < -0.3 is 24.5 Å². The molecule has 0 spiro atoms. The van der Waals surface area contributed by atoms with Crippen LogP contribution in [0.3, 0.4) is 0 Å². The number of amides is 1. The molecule has 1 aliphatic rings. The minimum Gasteiger partial charge on any atom is -0.468 e. The van der Waals surface area contributed by atoms with E-state index in [0.29, 0.717) is 19.0 Å². The molecule has 1 aliphatic heterocycles. The molecule has 6 nitrogen and oxygen atoms in total. The van der Waals surface area contributed by atoms with E-state index in [0.717, 1.165) is 25.1 Å². The summed E-state index contributed by atoms with van der Waals surface area (Å²) in [5, 5.41) is 12.8. The van der Waals surface area contributed by atoms with Gasteiger partial charge in [-0.25, -0.2) is 4.79 Å². The van der Waals surface area contributed by atoms with Gasteiger partial charge in [0, 0.05) is 13.1 Å². The van der Waals surface area contributed by atoms with Crippen molar-refractivity contribution in [2.75, 3.05) is 26.2 Å². The van der Waals surface area contributed by atoms with Crippen LogP contribution in [0.2, 0.25) is 0 Å². The number of hydrogen-bond donors (Lipinski definition) is 2. The SMILES string of the molecule is CC(C)(C)OC(=O)N1CCC(CNC(CO)c2ccco2)CC1. The van der Waals surface area contributed by atoms with E-state index >= 15 is 0 Å². The number of furan rings is 1. The van der Waals surface area contributed by atoms with Crippen LogP contribution in [-0.2, 0) is 4.74 Å². The van der Waals surface area contributed by atoms with E-state index < -0.39 is 5.60 Å². The van der Waals surface area contributed by atoms with Crippen molar-refractivity contribution in [2.24, 2.45) is 5.92 Å². The molecule has 1 fully saturated rings. The second-order valence-corrected chi connectivity index (χ2v) is 7.07. The number of ether oxygens (including phenoxy) is 1. The van der Waals surface area contributed by atoms with Crippen molar-refractivity contribution in [2.45, 2.75) is 45.3 Å². The molecule has 1 unspecified atom stereocenters. The zero-order valence-electron chi connectivity index (χ0n) is 14.2. The zero-order valence-corrected chi connectivity index (χ0v) is 14.2. The number of carbonyl (C=O) groups excluding carboxylic acids is 1. The van der Waals surface area contributed by atoms with E-state index in [1.165, 1.54) is 0 Å². The lowest BCUT2D eigenvalue weighted by Crippen LogP contribution is -2.43. The number of nitrogens with zero attached hydrogens (tertiary/aromatic N) is 1. The second-order valence-electron chi connectivity index (χ2n) is 7.07. The van der Waals surface area contributed by atoms with Gasteiger partial charge in [-0.3, -0.25) is 0 Å². The number of likely N-dealkylation sites (tertiary alicyclic amines) is 1. The highest BCUT2D eigenvalue weighted by atomic mass is 16.6. The fourth-order valence-corrected chi connectivity index (χ4v) is 2.70. The maximum atomic E-state index is 12.0. The Kier molecular flexibility index (Phi) is 6.07. The Morgan fingerprint density at radius 1 is 1.48 bits per heavy atom. The van der Waals surface area contributed by atoms with E-state index in [1.807, 2.05) is 32.9 Å². The van der Waals surface area contributed by atoms with Crippen LogP contribution in [0.4, 0.5) is 4.79 Å². The van der Waals surface area contributed by atoms with Crippen LogP contribution in [0.5, 0.6) is 0 Å². The number of carbonyl (C=O) groups is 1. The maximum absolute atomic E-state index is 12.0. The average Bonchev–Trinajstić information content (AvgIpc) is 3.01. The van der Waals surface area contributed by atoms with Crippen molar-refractivity contribution in [1.82, 2.24) is 10.2 Å². The van der Waals surface area contributed by atoms with Gasteiger partial charge in [0.05, 0.1) is 18.9 Å². The van der Waals surface area contributed by atoms with Crippen molar-refractivity contribution < 1.29 is 19.1 Å². The van der Waals surface area contributed by atoms with Gasteiger partial charge in [-0.15, -0.1) is 0 Å². The second kappa shape index (κ2) is 7.84. The van der Waals surface area contributed by atoms with Crippen LogP contribution in [0.15, 0.2) is 22.8 Å². The number of aliphatic hydroxyl groups is 1. The van der Waals surface area contributed by atoms with Crippen molar-refractivity contribution in [3.05, 3.63) is 24.2 Å². The molecular formula is C17H28N2O4. The number of hydrogen-bond acceptors (Lipinski definition) is 5. The molecule has 2 rings (SSSR count). The summed E-state index contributed by atoms with van der Waals surface area (Å²) < 4.78 is 10.7. The van der Waals surface area contributed by atoms with Crippen molar-refractivity contribution in [1.29, 1.82) is 0 Å². The highest BCUT2D eigenvalue weighted by Gasteiger charge is 2.27. The fourth-order valence-electron chi connectivity index (χ4n) is 2.70. The smallest absolute Gasteiger partial charge is 0.410 e. The molecule has 2 N–H and O–H groups in total. The minimum absolute atomic E-state index is 0.00423. The highest BCUT2D eigenvalue weighted by Crippen LogP contribution is 2.20. The molecule has 1 atom stereocenters. The molecular weight excluding hydrogens is 296 g/mol. The monoisotopic (exact) mass is 324 g/mol. The number of nitrogens with one attached hydrogen (secondary N) is 1. The minimum atomic E-state index is -0.452. The quantitative estimate of drug-likeness (QED) is 0.870. The van der Waals surface area contributed by atoms with Crippen LogP contribution in [0.1, 0.15) is 45.4 Å².